The minimum absolute atomic E-state index is 0.426. The highest BCUT2D eigenvalue weighted by atomic mass is 35.5. The van der Waals surface area contributed by atoms with Gasteiger partial charge in [-0.3, -0.25) is 4.68 Å². The fraction of sp³-hybridized carbons (Fsp3) is 0.750. The van der Waals surface area contributed by atoms with E-state index < -0.39 is 0 Å². The highest BCUT2D eigenvalue weighted by Gasteiger charge is 2.26. The number of nitrogens with one attached hydrogen (secondary N) is 1. The molecule has 0 unspecified atom stereocenters. The van der Waals surface area contributed by atoms with Gasteiger partial charge in [0.25, 0.3) is 0 Å². The predicted molar refractivity (Wildman–Crippen MR) is 66.7 cm³/mol. The molecular formula is C12H20ClN3. The highest BCUT2D eigenvalue weighted by molar-refractivity contribution is 6.21. The molecule has 16 heavy (non-hydrogen) atoms. The Balaban J connectivity index is 1.74. The predicted octanol–water partition coefficient (Wildman–Crippen LogP) is 2.09. The van der Waals surface area contributed by atoms with Crippen LogP contribution in [-0.2, 0) is 20.0 Å². The van der Waals surface area contributed by atoms with Crippen LogP contribution in [0.3, 0.4) is 0 Å². The van der Waals surface area contributed by atoms with Gasteiger partial charge in [0.15, 0.2) is 0 Å². The average Bonchev–Trinajstić information content (AvgIpc) is 2.57. The summed E-state index contributed by atoms with van der Waals surface area (Å²) in [5.41, 5.74) is 2.43. The van der Waals surface area contributed by atoms with Crippen LogP contribution < -0.4 is 5.32 Å². The number of hydrogen-bond donors (Lipinski definition) is 1. The number of aryl methyl sites for hydroxylation is 2. The Bertz CT molecular complexity index is 342. The van der Waals surface area contributed by atoms with E-state index in [1.807, 2.05) is 11.7 Å². The lowest BCUT2D eigenvalue weighted by molar-refractivity contribution is 0.307. The SMILES string of the molecule is CCc1cc(CNCC2CC(Cl)C2)n(C)n1. The van der Waals surface area contributed by atoms with E-state index in [-0.39, 0.29) is 0 Å². The molecule has 0 spiro atoms. The molecule has 4 heteroatoms. The molecule has 1 saturated carbocycles. The van der Waals surface area contributed by atoms with Gasteiger partial charge in [0.1, 0.15) is 0 Å². The van der Waals surface area contributed by atoms with E-state index >= 15 is 0 Å². The number of aromatic nitrogens is 2. The molecule has 1 heterocycles. The first kappa shape index (κ1) is 11.9. The normalized spacial score (nSPS) is 24.4. The van der Waals surface area contributed by atoms with Gasteiger partial charge in [0, 0.05) is 19.0 Å². The molecule has 0 bridgehead atoms. The van der Waals surface area contributed by atoms with E-state index in [2.05, 4.69) is 23.4 Å². The van der Waals surface area contributed by atoms with Crippen molar-refractivity contribution in [3.63, 3.8) is 0 Å². The maximum Gasteiger partial charge on any atom is 0.0625 e. The molecule has 1 aliphatic carbocycles. The second-order valence-corrected chi connectivity index (χ2v) is 5.29. The topological polar surface area (TPSA) is 29.9 Å². The molecule has 1 aromatic heterocycles. The summed E-state index contributed by atoms with van der Waals surface area (Å²) < 4.78 is 1.97. The van der Waals surface area contributed by atoms with E-state index in [4.69, 9.17) is 11.6 Å². The number of alkyl halides is 1. The third-order valence-electron chi connectivity index (χ3n) is 3.31. The number of hydrogen-bond acceptors (Lipinski definition) is 2. The molecule has 1 aromatic rings. The molecule has 0 aromatic carbocycles. The molecule has 90 valence electrons. The monoisotopic (exact) mass is 241 g/mol. The van der Waals surface area contributed by atoms with Crippen LogP contribution in [0, 0.1) is 5.92 Å². The first-order chi connectivity index (χ1) is 7.69. The Morgan fingerprint density at radius 2 is 2.31 bits per heavy atom. The van der Waals surface area contributed by atoms with Gasteiger partial charge < -0.3 is 5.32 Å². The molecule has 1 N–H and O–H groups in total. The van der Waals surface area contributed by atoms with E-state index in [0.717, 1.165) is 25.4 Å². The molecular weight excluding hydrogens is 222 g/mol. The largest absolute Gasteiger partial charge is 0.311 e. The van der Waals surface area contributed by atoms with Crippen LogP contribution in [-0.4, -0.2) is 21.7 Å². The summed E-state index contributed by atoms with van der Waals surface area (Å²) >= 11 is 5.95. The zero-order valence-electron chi connectivity index (χ0n) is 10.0. The van der Waals surface area contributed by atoms with E-state index in [1.54, 1.807) is 0 Å². The minimum atomic E-state index is 0.426. The fourth-order valence-electron chi connectivity index (χ4n) is 2.14. The summed E-state index contributed by atoms with van der Waals surface area (Å²) in [5, 5.41) is 8.34. The first-order valence-electron chi connectivity index (χ1n) is 6.05. The fourth-order valence-corrected chi connectivity index (χ4v) is 2.64. The van der Waals surface area contributed by atoms with E-state index in [9.17, 15) is 0 Å². The van der Waals surface area contributed by atoms with Crippen LogP contribution in [0.4, 0.5) is 0 Å². The molecule has 3 nitrogen and oxygen atoms in total. The summed E-state index contributed by atoms with van der Waals surface area (Å²) in [6.07, 6.45) is 3.34. The van der Waals surface area contributed by atoms with Crippen molar-refractivity contribution in [2.24, 2.45) is 13.0 Å². The van der Waals surface area contributed by atoms with Gasteiger partial charge in [-0.05, 0) is 37.8 Å². The van der Waals surface area contributed by atoms with Crippen molar-refractivity contribution in [3.05, 3.63) is 17.5 Å². The van der Waals surface area contributed by atoms with Crippen molar-refractivity contribution in [1.29, 1.82) is 0 Å². The molecule has 0 amide bonds. The van der Waals surface area contributed by atoms with Crippen LogP contribution in [0.1, 0.15) is 31.2 Å². The lowest BCUT2D eigenvalue weighted by atomic mass is 9.85. The molecule has 0 saturated heterocycles. The summed E-state index contributed by atoms with van der Waals surface area (Å²) in [7, 11) is 2.01. The maximum absolute atomic E-state index is 5.95. The van der Waals surface area contributed by atoms with Crippen LogP contribution in [0.2, 0.25) is 0 Å². The summed E-state index contributed by atoms with van der Waals surface area (Å²) in [6, 6.07) is 2.18. The van der Waals surface area contributed by atoms with Gasteiger partial charge in [0.05, 0.1) is 11.4 Å². The number of rotatable bonds is 5. The number of nitrogens with zero attached hydrogens (tertiary/aromatic N) is 2. The second kappa shape index (κ2) is 5.19. The van der Waals surface area contributed by atoms with Crippen LogP contribution in [0.15, 0.2) is 6.07 Å². The van der Waals surface area contributed by atoms with Crippen molar-refractivity contribution in [2.75, 3.05) is 6.54 Å². The second-order valence-electron chi connectivity index (χ2n) is 4.67. The van der Waals surface area contributed by atoms with Crippen molar-refractivity contribution < 1.29 is 0 Å². The van der Waals surface area contributed by atoms with Gasteiger partial charge in [-0.2, -0.15) is 5.10 Å². The highest BCUT2D eigenvalue weighted by Crippen LogP contribution is 2.31. The van der Waals surface area contributed by atoms with Gasteiger partial charge in [-0.15, -0.1) is 11.6 Å². The van der Waals surface area contributed by atoms with Crippen molar-refractivity contribution in [3.8, 4) is 0 Å². The number of halogens is 1. The summed E-state index contributed by atoms with van der Waals surface area (Å²) in [4.78, 5) is 0. The molecule has 1 aliphatic rings. The molecule has 0 aliphatic heterocycles. The summed E-state index contributed by atoms with van der Waals surface area (Å²) in [6.45, 7) is 4.12. The van der Waals surface area contributed by atoms with Gasteiger partial charge in [-0.25, -0.2) is 0 Å². The van der Waals surface area contributed by atoms with Gasteiger partial charge >= 0.3 is 0 Å². The quantitative estimate of drug-likeness (QED) is 0.801. The van der Waals surface area contributed by atoms with Crippen LogP contribution >= 0.6 is 11.6 Å². The minimum Gasteiger partial charge on any atom is -0.311 e. The third kappa shape index (κ3) is 2.77. The molecule has 2 rings (SSSR count). The Morgan fingerprint density at radius 3 is 2.88 bits per heavy atom. The Morgan fingerprint density at radius 1 is 1.56 bits per heavy atom. The first-order valence-corrected chi connectivity index (χ1v) is 6.49. The van der Waals surface area contributed by atoms with Gasteiger partial charge in [-0.1, -0.05) is 6.92 Å². The molecule has 0 radical (unpaired) electrons. The van der Waals surface area contributed by atoms with Crippen molar-refractivity contribution in [2.45, 2.75) is 38.1 Å². The smallest absolute Gasteiger partial charge is 0.0625 e. The molecule has 0 atom stereocenters. The van der Waals surface area contributed by atoms with Crippen molar-refractivity contribution >= 4 is 11.6 Å². The Labute approximate surface area is 102 Å². The lowest BCUT2D eigenvalue weighted by Crippen LogP contribution is -2.33. The zero-order valence-corrected chi connectivity index (χ0v) is 10.8. The summed E-state index contributed by atoms with van der Waals surface area (Å²) in [5.74, 6) is 0.779. The maximum atomic E-state index is 5.95. The zero-order chi connectivity index (χ0) is 11.5. The van der Waals surface area contributed by atoms with Crippen LogP contribution in [0.5, 0.6) is 0 Å². The Hall–Kier alpha value is -0.540. The van der Waals surface area contributed by atoms with E-state index in [0.29, 0.717) is 5.38 Å². The Kier molecular flexibility index (Phi) is 3.87. The average molecular weight is 242 g/mol. The standard InChI is InChI=1S/C12H20ClN3/c1-3-11-6-12(16(2)15-11)8-14-7-9-4-10(13)5-9/h6,9-10,14H,3-5,7-8H2,1-2H3. The molecule has 1 fully saturated rings. The van der Waals surface area contributed by atoms with Crippen LogP contribution in [0.25, 0.3) is 0 Å². The van der Waals surface area contributed by atoms with Gasteiger partial charge in [0.2, 0.25) is 0 Å². The lowest BCUT2D eigenvalue weighted by Gasteiger charge is -2.30. The third-order valence-corrected chi connectivity index (χ3v) is 3.66. The van der Waals surface area contributed by atoms with E-state index in [1.165, 1.54) is 24.2 Å². The van der Waals surface area contributed by atoms with Crippen molar-refractivity contribution in [1.82, 2.24) is 15.1 Å².